The second-order valence-corrected chi connectivity index (χ2v) is 10.8. The van der Waals surface area contributed by atoms with E-state index < -0.39 is 17.5 Å². The molecule has 0 unspecified atom stereocenters. The van der Waals surface area contributed by atoms with E-state index in [0.717, 1.165) is 22.0 Å². The molecular formula is C31H34N4O3. The van der Waals surface area contributed by atoms with E-state index in [2.05, 4.69) is 11.4 Å². The summed E-state index contributed by atoms with van der Waals surface area (Å²) < 4.78 is 0. The van der Waals surface area contributed by atoms with Gasteiger partial charge in [-0.2, -0.15) is 5.26 Å². The predicted octanol–water partition coefficient (Wildman–Crippen LogP) is 4.98. The largest absolute Gasteiger partial charge is 0.330 e. The lowest BCUT2D eigenvalue weighted by molar-refractivity contribution is -0.137. The second-order valence-electron chi connectivity index (χ2n) is 10.8. The van der Waals surface area contributed by atoms with Gasteiger partial charge in [0.05, 0.1) is 11.5 Å². The fraction of sp³-hybridized carbons (Fsp3) is 0.355. The number of carbonyl (C=O) groups is 3. The average molecular weight is 511 g/mol. The number of rotatable bonds is 8. The number of carbonyl (C=O) groups excluding carboxylic acids is 3. The molecule has 0 radical (unpaired) electrons. The summed E-state index contributed by atoms with van der Waals surface area (Å²) in [6.07, 6.45) is 0.586. The van der Waals surface area contributed by atoms with Crippen LogP contribution in [0, 0.1) is 17.2 Å². The Morgan fingerprint density at radius 1 is 0.974 bits per heavy atom. The van der Waals surface area contributed by atoms with Crippen LogP contribution in [0.1, 0.15) is 49.5 Å². The van der Waals surface area contributed by atoms with Gasteiger partial charge >= 0.3 is 0 Å². The first-order valence-corrected chi connectivity index (χ1v) is 12.9. The normalized spacial score (nSPS) is 17.9. The lowest BCUT2D eigenvalue weighted by atomic mass is 9.78. The molecule has 7 heteroatoms. The molecule has 3 atom stereocenters. The van der Waals surface area contributed by atoms with Crippen molar-refractivity contribution in [2.24, 2.45) is 5.92 Å². The Balaban J connectivity index is 1.58. The van der Waals surface area contributed by atoms with Gasteiger partial charge in [-0.3, -0.25) is 14.4 Å². The summed E-state index contributed by atoms with van der Waals surface area (Å²) in [6.45, 7) is 5.80. The predicted molar refractivity (Wildman–Crippen MR) is 148 cm³/mol. The van der Waals surface area contributed by atoms with Crippen LogP contribution in [0.2, 0.25) is 0 Å². The molecule has 0 aromatic heterocycles. The first-order valence-electron chi connectivity index (χ1n) is 12.9. The molecule has 0 spiro atoms. The minimum absolute atomic E-state index is 0.134. The number of benzene rings is 3. The molecule has 0 saturated carbocycles. The fourth-order valence-electron chi connectivity index (χ4n) is 5.24. The summed E-state index contributed by atoms with van der Waals surface area (Å²) in [7, 11) is 3.22. The van der Waals surface area contributed by atoms with Gasteiger partial charge in [0.2, 0.25) is 11.8 Å². The molecule has 38 heavy (non-hydrogen) atoms. The summed E-state index contributed by atoms with van der Waals surface area (Å²) in [5.74, 6) is -0.637. The monoisotopic (exact) mass is 510 g/mol. The maximum Gasteiger partial charge on any atom is 0.254 e. The van der Waals surface area contributed by atoms with E-state index >= 15 is 0 Å². The van der Waals surface area contributed by atoms with Gasteiger partial charge in [-0.05, 0) is 60.2 Å². The molecule has 1 aliphatic rings. The lowest BCUT2D eigenvalue weighted by Gasteiger charge is -2.35. The zero-order chi connectivity index (χ0) is 27.6. The van der Waals surface area contributed by atoms with E-state index in [1.165, 1.54) is 9.80 Å². The Labute approximate surface area is 224 Å². The summed E-state index contributed by atoms with van der Waals surface area (Å²) in [5, 5.41) is 15.0. The Bertz CT molecular complexity index is 1430. The lowest BCUT2D eigenvalue weighted by Crippen LogP contribution is -2.52. The number of fused-ring (bicyclic) bond motifs is 2. The average Bonchev–Trinajstić information content (AvgIpc) is 3.17. The van der Waals surface area contributed by atoms with Crippen LogP contribution in [-0.4, -0.2) is 53.7 Å². The van der Waals surface area contributed by atoms with E-state index in [-0.39, 0.29) is 30.1 Å². The molecule has 3 amide bonds. The quantitative estimate of drug-likeness (QED) is 0.463. The zero-order valence-corrected chi connectivity index (χ0v) is 22.6. The third-order valence-corrected chi connectivity index (χ3v) is 7.60. The molecule has 1 heterocycles. The Morgan fingerprint density at radius 3 is 2.32 bits per heavy atom. The van der Waals surface area contributed by atoms with Crippen LogP contribution in [-0.2, 0) is 15.0 Å². The molecule has 7 nitrogen and oxygen atoms in total. The summed E-state index contributed by atoms with van der Waals surface area (Å²) in [6, 6.07) is 21.4. The molecule has 1 aliphatic heterocycles. The summed E-state index contributed by atoms with van der Waals surface area (Å²) >= 11 is 0. The molecule has 0 saturated heterocycles. The number of para-hydroxylation sites is 1. The summed E-state index contributed by atoms with van der Waals surface area (Å²) in [4.78, 5) is 43.2. The minimum Gasteiger partial charge on any atom is -0.330 e. The smallest absolute Gasteiger partial charge is 0.254 e. The number of hydrogen-bond acceptors (Lipinski definition) is 4. The van der Waals surface area contributed by atoms with Crippen LogP contribution in [0.5, 0.6) is 0 Å². The van der Waals surface area contributed by atoms with Crippen molar-refractivity contribution in [3.8, 4) is 6.07 Å². The standard InChI is InChI=1S/C31H34N4O3/c1-20(2)16-27(35(5)28(36)23-15-14-21-10-6-7-11-22(21)17-23)29(37)34(4)24(19-32)18-31(3)25-12-8-9-13-26(25)33-30(31)38/h6-15,17,20,24,27H,16,18H2,1-5H3,(H,33,38)/t24-,27-,31+/m0/s1. The zero-order valence-electron chi connectivity index (χ0n) is 22.6. The van der Waals surface area contributed by atoms with Crippen molar-refractivity contribution in [1.29, 1.82) is 5.26 Å². The number of nitrogens with zero attached hydrogens (tertiary/aromatic N) is 3. The highest BCUT2D eigenvalue weighted by Crippen LogP contribution is 2.41. The van der Waals surface area contributed by atoms with Crippen LogP contribution >= 0.6 is 0 Å². The van der Waals surface area contributed by atoms with Gasteiger partial charge in [0.1, 0.15) is 12.1 Å². The Morgan fingerprint density at radius 2 is 1.63 bits per heavy atom. The first-order chi connectivity index (χ1) is 18.1. The van der Waals surface area contributed by atoms with E-state index in [1.807, 2.05) is 74.5 Å². The van der Waals surface area contributed by atoms with E-state index in [0.29, 0.717) is 12.0 Å². The third kappa shape index (κ3) is 4.99. The molecule has 196 valence electrons. The van der Waals surface area contributed by atoms with Gasteiger partial charge in [0.15, 0.2) is 0 Å². The number of likely N-dealkylation sites (N-methyl/N-ethyl adjacent to an activating group) is 2. The number of anilines is 1. The molecule has 3 aromatic carbocycles. The fourth-order valence-corrected chi connectivity index (χ4v) is 5.24. The maximum absolute atomic E-state index is 13.9. The molecule has 0 bridgehead atoms. The van der Waals surface area contributed by atoms with Crippen molar-refractivity contribution < 1.29 is 14.4 Å². The van der Waals surface area contributed by atoms with Crippen LogP contribution in [0.15, 0.2) is 66.7 Å². The summed E-state index contributed by atoms with van der Waals surface area (Å²) in [5.41, 5.74) is 1.09. The van der Waals surface area contributed by atoms with Crippen molar-refractivity contribution in [2.75, 3.05) is 19.4 Å². The highest BCUT2D eigenvalue weighted by molar-refractivity contribution is 6.06. The highest BCUT2D eigenvalue weighted by Gasteiger charge is 2.45. The third-order valence-electron chi connectivity index (χ3n) is 7.60. The Hall–Kier alpha value is -4.18. The number of nitrogens with one attached hydrogen (secondary N) is 1. The molecule has 4 rings (SSSR count). The minimum atomic E-state index is -0.952. The van der Waals surface area contributed by atoms with Gasteiger partial charge in [0, 0.05) is 25.3 Å². The van der Waals surface area contributed by atoms with E-state index in [9.17, 15) is 19.6 Å². The van der Waals surface area contributed by atoms with Gasteiger partial charge in [-0.15, -0.1) is 0 Å². The molecule has 0 aliphatic carbocycles. The van der Waals surface area contributed by atoms with Crippen molar-refractivity contribution in [2.45, 2.75) is 51.1 Å². The first kappa shape index (κ1) is 26.9. The van der Waals surface area contributed by atoms with Crippen LogP contribution in [0.4, 0.5) is 5.69 Å². The number of nitriles is 1. The molecule has 3 aromatic rings. The highest BCUT2D eigenvalue weighted by atomic mass is 16.2. The van der Waals surface area contributed by atoms with Crippen molar-refractivity contribution in [3.05, 3.63) is 77.9 Å². The maximum atomic E-state index is 13.9. The van der Waals surface area contributed by atoms with E-state index in [4.69, 9.17) is 0 Å². The Kier molecular flexibility index (Phi) is 7.54. The topological polar surface area (TPSA) is 93.5 Å². The van der Waals surface area contributed by atoms with Gasteiger partial charge < -0.3 is 15.1 Å². The number of amides is 3. The van der Waals surface area contributed by atoms with Crippen LogP contribution in [0.25, 0.3) is 10.8 Å². The van der Waals surface area contributed by atoms with Gasteiger partial charge in [-0.25, -0.2) is 0 Å². The SMILES string of the molecule is CC(C)C[C@@H](C(=O)N(C)[C@H](C#N)C[C@@]1(C)C(=O)Nc2ccccc21)N(C)C(=O)c1ccc2ccccc2c1. The van der Waals surface area contributed by atoms with Crippen LogP contribution in [0.3, 0.4) is 0 Å². The molecule has 0 fully saturated rings. The van der Waals surface area contributed by atoms with Crippen molar-refractivity contribution in [1.82, 2.24) is 9.80 Å². The van der Waals surface area contributed by atoms with E-state index in [1.54, 1.807) is 27.1 Å². The molecule has 1 N–H and O–H groups in total. The van der Waals surface area contributed by atoms with Crippen molar-refractivity contribution >= 4 is 34.2 Å². The number of hydrogen-bond donors (Lipinski definition) is 1. The van der Waals surface area contributed by atoms with Crippen LogP contribution < -0.4 is 5.32 Å². The molecular weight excluding hydrogens is 476 g/mol. The van der Waals surface area contributed by atoms with Gasteiger partial charge in [0.25, 0.3) is 5.91 Å². The second kappa shape index (κ2) is 10.7. The van der Waals surface area contributed by atoms with Crippen molar-refractivity contribution in [3.63, 3.8) is 0 Å². The van der Waals surface area contributed by atoms with Gasteiger partial charge in [-0.1, -0.05) is 62.4 Å².